The molecule has 7 heteroatoms. The minimum Gasteiger partial charge on any atom is -0.316 e. The maximum absolute atomic E-state index is 12.4. The Labute approximate surface area is 122 Å². The third-order valence-electron chi connectivity index (χ3n) is 4.55. The van der Waals surface area contributed by atoms with Gasteiger partial charge in [0.15, 0.2) is 0 Å². The minimum absolute atomic E-state index is 0. The van der Waals surface area contributed by atoms with Crippen LogP contribution >= 0.6 is 12.4 Å². The van der Waals surface area contributed by atoms with E-state index in [0.29, 0.717) is 36.8 Å². The van der Waals surface area contributed by atoms with Crippen molar-refractivity contribution in [3.63, 3.8) is 0 Å². The van der Waals surface area contributed by atoms with Gasteiger partial charge in [-0.2, -0.15) is 17.4 Å². The Morgan fingerprint density at radius 3 is 2.16 bits per heavy atom. The van der Waals surface area contributed by atoms with E-state index < -0.39 is 10.2 Å². The van der Waals surface area contributed by atoms with Gasteiger partial charge in [0, 0.05) is 19.1 Å². The summed E-state index contributed by atoms with van der Waals surface area (Å²) in [5.41, 5.74) is 0. The van der Waals surface area contributed by atoms with Crippen molar-refractivity contribution in [2.75, 3.05) is 26.2 Å². The van der Waals surface area contributed by atoms with Gasteiger partial charge < -0.3 is 5.32 Å². The molecule has 5 nitrogen and oxygen atoms in total. The SMILES string of the molecule is CC1CC(C)CN(S(=O)(=O)NC2C3CNCC32)C1.Cl. The first-order chi connectivity index (χ1) is 8.47. The summed E-state index contributed by atoms with van der Waals surface area (Å²) in [6.45, 7) is 7.52. The number of fused-ring (bicyclic) bond motifs is 1. The third kappa shape index (κ3) is 3.08. The summed E-state index contributed by atoms with van der Waals surface area (Å²) in [6, 6.07) is 0.184. The predicted molar refractivity (Wildman–Crippen MR) is 77.5 cm³/mol. The van der Waals surface area contributed by atoms with E-state index in [4.69, 9.17) is 0 Å². The van der Waals surface area contributed by atoms with Gasteiger partial charge in [0.25, 0.3) is 10.2 Å². The van der Waals surface area contributed by atoms with Gasteiger partial charge in [0.1, 0.15) is 0 Å². The van der Waals surface area contributed by atoms with Crippen LogP contribution in [0.2, 0.25) is 0 Å². The first-order valence-electron chi connectivity index (χ1n) is 6.95. The summed E-state index contributed by atoms with van der Waals surface area (Å²) in [6.07, 6.45) is 1.13. The fourth-order valence-electron chi connectivity index (χ4n) is 3.64. The molecule has 0 aromatic heterocycles. The van der Waals surface area contributed by atoms with Crippen LogP contribution in [0.25, 0.3) is 0 Å². The van der Waals surface area contributed by atoms with Crippen molar-refractivity contribution < 1.29 is 8.42 Å². The Morgan fingerprint density at radius 2 is 1.63 bits per heavy atom. The number of hydrogen-bond acceptors (Lipinski definition) is 3. The predicted octanol–water partition coefficient (Wildman–Crippen LogP) is 0.438. The molecule has 1 aliphatic carbocycles. The molecule has 112 valence electrons. The number of nitrogens with zero attached hydrogens (tertiary/aromatic N) is 1. The van der Waals surface area contributed by atoms with Crippen LogP contribution < -0.4 is 10.0 Å². The van der Waals surface area contributed by atoms with Gasteiger partial charge in [-0.05, 0) is 43.2 Å². The first kappa shape index (κ1) is 15.5. The Kier molecular flexibility index (Phi) is 4.48. The van der Waals surface area contributed by atoms with E-state index in [0.717, 1.165) is 19.5 Å². The number of halogens is 1. The largest absolute Gasteiger partial charge is 0.316 e. The van der Waals surface area contributed by atoms with E-state index >= 15 is 0 Å². The average molecular weight is 310 g/mol. The highest BCUT2D eigenvalue weighted by Crippen LogP contribution is 2.42. The van der Waals surface area contributed by atoms with Crippen molar-refractivity contribution in [1.82, 2.24) is 14.3 Å². The molecular weight excluding hydrogens is 286 g/mol. The van der Waals surface area contributed by atoms with Crippen LogP contribution in [0.4, 0.5) is 0 Å². The zero-order chi connectivity index (χ0) is 12.9. The lowest BCUT2D eigenvalue weighted by Crippen LogP contribution is -2.49. The highest BCUT2D eigenvalue weighted by molar-refractivity contribution is 7.87. The summed E-state index contributed by atoms with van der Waals surface area (Å²) in [7, 11) is -3.27. The topological polar surface area (TPSA) is 61.4 Å². The lowest BCUT2D eigenvalue weighted by molar-refractivity contribution is 0.220. The third-order valence-corrected chi connectivity index (χ3v) is 6.10. The van der Waals surface area contributed by atoms with Crippen molar-refractivity contribution in [3.8, 4) is 0 Å². The van der Waals surface area contributed by atoms with Gasteiger partial charge in [-0.15, -0.1) is 12.4 Å². The number of hydrogen-bond donors (Lipinski definition) is 2. The highest BCUT2D eigenvalue weighted by Gasteiger charge is 2.55. The fraction of sp³-hybridized carbons (Fsp3) is 1.00. The van der Waals surface area contributed by atoms with Crippen LogP contribution in [0.1, 0.15) is 20.3 Å². The summed E-state index contributed by atoms with van der Waals surface area (Å²) in [4.78, 5) is 0. The molecular formula is C12H24ClN3O2S. The minimum atomic E-state index is -3.27. The molecule has 3 rings (SSSR count). The lowest BCUT2D eigenvalue weighted by Gasteiger charge is -2.34. The summed E-state index contributed by atoms with van der Waals surface area (Å²) in [5, 5.41) is 3.28. The maximum Gasteiger partial charge on any atom is 0.279 e. The van der Waals surface area contributed by atoms with Gasteiger partial charge in [-0.3, -0.25) is 0 Å². The number of piperidine rings is 2. The molecule has 0 amide bonds. The van der Waals surface area contributed by atoms with Crippen molar-refractivity contribution in [2.24, 2.45) is 23.7 Å². The molecule has 1 saturated carbocycles. The van der Waals surface area contributed by atoms with E-state index in [1.807, 2.05) is 0 Å². The smallest absolute Gasteiger partial charge is 0.279 e. The van der Waals surface area contributed by atoms with Crippen molar-refractivity contribution in [3.05, 3.63) is 0 Å². The first-order valence-corrected chi connectivity index (χ1v) is 8.39. The molecule has 0 spiro atoms. The molecule has 3 fully saturated rings. The summed E-state index contributed by atoms with van der Waals surface area (Å²) in [5.74, 6) is 1.98. The van der Waals surface area contributed by atoms with Gasteiger partial charge in [-0.25, -0.2) is 0 Å². The molecule has 2 N–H and O–H groups in total. The molecule has 2 saturated heterocycles. The van der Waals surface area contributed by atoms with E-state index in [2.05, 4.69) is 23.9 Å². The van der Waals surface area contributed by atoms with E-state index in [1.54, 1.807) is 4.31 Å². The number of rotatable bonds is 3. The van der Waals surface area contributed by atoms with E-state index in [-0.39, 0.29) is 18.4 Å². The van der Waals surface area contributed by atoms with E-state index in [1.165, 1.54) is 0 Å². The van der Waals surface area contributed by atoms with E-state index in [9.17, 15) is 8.42 Å². The van der Waals surface area contributed by atoms with Crippen molar-refractivity contribution >= 4 is 22.6 Å². The summed E-state index contributed by atoms with van der Waals surface area (Å²) >= 11 is 0. The lowest BCUT2D eigenvalue weighted by atomic mass is 9.94. The van der Waals surface area contributed by atoms with Crippen LogP contribution in [0.5, 0.6) is 0 Å². The maximum atomic E-state index is 12.4. The van der Waals surface area contributed by atoms with Crippen LogP contribution in [0.15, 0.2) is 0 Å². The fourth-order valence-corrected chi connectivity index (χ4v) is 5.39. The molecule has 4 atom stereocenters. The van der Waals surface area contributed by atoms with Gasteiger partial charge in [0.2, 0.25) is 0 Å². The normalized spacial score (nSPS) is 42.5. The Bertz CT molecular complexity index is 411. The van der Waals surface area contributed by atoms with Crippen LogP contribution in [-0.2, 0) is 10.2 Å². The zero-order valence-corrected chi connectivity index (χ0v) is 13.1. The standard InChI is InChI=1S/C12H23N3O2S.ClH/c1-8-3-9(2)7-15(6-8)18(16,17)14-12-10-4-13-5-11(10)12;/h8-14H,3-7H2,1-2H3;1H. The quantitative estimate of drug-likeness (QED) is 0.795. The van der Waals surface area contributed by atoms with Crippen molar-refractivity contribution in [1.29, 1.82) is 0 Å². The van der Waals surface area contributed by atoms with Gasteiger partial charge in [-0.1, -0.05) is 13.8 Å². The molecule has 0 aromatic rings. The molecule has 2 aliphatic heterocycles. The van der Waals surface area contributed by atoms with Gasteiger partial charge >= 0.3 is 0 Å². The molecule has 0 radical (unpaired) electrons. The monoisotopic (exact) mass is 309 g/mol. The van der Waals surface area contributed by atoms with Crippen LogP contribution in [0, 0.1) is 23.7 Å². The number of nitrogens with one attached hydrogen (secondary N) is 2. The van der Waals surface area contributed by atoms with Crippen molar-refractivity contribution in [2.45, 2.75) is 26.3 Å². The molecule has 19 heavy (non-hydrogen) atoms. The Hall–Kier alpha value is 0.120. The average Bonchev–Trinajstić information content (AvgIpc) is 2.73. The molecule has 2 heterocycles. The summed E-state index contributed by atoms with van der Waals surface area (Å²) < 4.78 is 29.3. The van der Waals surface area contributed by atoms with Crippen LogP contribution in [0.3, 0.4) is 0 Å². The Morgan fingerprint density at radius 1 is 1.11 bits per heavy atom. The Balaban J connectivity index is 0.00000133. The van der Waals surface area contributed by atoms with Crippen LogP contribution in [-0.4, -0.2) is 44.9 Å². The second-order valence-corrected chi connectivity index (χ2v) is 8.10. The second-order valence-electron chi connectivity index (χ2n) is 6.40. The zero-order valence-electron chi connectivity index (χ0n) is 11.5. The molecule has 0 bridgehead atoms. The van der Waals surface area contributed by atoms with Gasteiger partial charge in [0.05, 0.1) is 0 Å². The molecule has 3 aliphatic rings. The molecule has 0 aromatic carbocycles. The molecule has 4 unspecified atom stereocenters. The second kappa shape index (κ2) is 5.48. The highest BCUT2D eigenvalue weighted by atomic mass is 35.5.